The molecule has 6 heteroatoms. The number of quaternary nitrogens is 1. The summed E-state index contributed by atoms with van der Waals surface area (Å²) in [7, 11) is 0. The predicted octanol–water partition coefficient (Wildman–Crippen LogP) is -1.73. The van der Waals surface area contributed by atoms with Gasteiger partial charge in [0.1, 0.15) is 5.41 Å². The second-order valence-electron chi connectivity index (χ2n) is 8.60. The van der Waals surface area contributed by atoms with Gasteiger partial charge in [-0.1, -0.05) is 54.6 Å². The summed E-state index contributed by atoms with van der Waals surface area (Å²) in [6.07, 6.45) is 3.71. The van der Waals surface area contributed by atoms with Crippen molar-refractivity contribution in [3.63, 3.8) is 0 Å². The number of hydrogen-bond acceptors (Lipinski definition) is 3. The largest absolute Gasteiger partial charge is 1.00 e. The van der Waals surface area contributed by atoms with Crippen LogP contribution in [0, 0.1) is 0 Å². The van der Waals surface area contributed by atoms with Crippen molar-refractivity contribution in [2.75, 3.05) is 26.2 Å². The van der Waals surface area contributed by atoms with Crippen molar-refractivity contribution in [2.24, 2.45) is 0 Å². The van der Waals surface area contributed by atoms with Crippen LogP contribution in [-0.4, -0.2) is 47.9 Å². The van der Waals surface area contributed by atoms with Crippen LogP contribution in [0.15, 0.2) is 54.6 Å². The fraction of sp³-hybridized carbons (Fsp3) is 0.417. The van der Waals surface area contributed by atoms with E-state index in [0.717, 1.165) is 19.6 Å². The molecule has 0 aromatic heterocycles. The number of carbonyl (C=O) groups excluding carboxylic acids is 2. The van der Waals surface area contributed by atoms with Gasteiger partial charge >= 0.3 is 0 Å². The number of halogens is 1. The zero-order valence-corrected chi connectivity index (χ0v) is 19.1. The van der Waals surface area contributed by atoms with E-state index < -0.39 is 11.1 Å². The van der Waals surface area contributed by atoms with E-state index in [1.165, 1.54) is 24.2 Å². The van der Waals surface area contributed by atoms with Crippen LogP contribution in [0.3, 0.4) is 0 Å². The van der Waals surface area contributed by atoms with Gasteiger partial charge in [-0.25, -0.2) is 0 Å². The van der Waals surface area contributed by atoms with Gasteiger partial charge in [-0.05, 0) is 24.8 Å². The third-order valence-electron chi connectivity index (χ3n) is 7.15. The fourth-order valence-electron chi connectivity index (χ4n) is 5.70. The molecule has 2 N–H and O–H groups in total. The zero-order chi connectivity index (χ0) is 20.1. The van der Waals surface area contributed by atoms with E-state index in [1.54, 1.807) is 17.0 Å². The molecule has 2 unspecified atom stereocenters. The average Bonchev–Trinajstić information content (AvgIpc) is 3.11. The first-order valence-electron chi connectivity index (χ1n) is 10.7. The van der Waals surface area contributed by atoms with Crippen LogP contribution in [0.2, 0.25) is 0 Å². The number of likely N-dealkylation sites (tertiary alicyclic amines) is 2. The highest BCUT2D eigenvalue weighted by Gasteiger charge is 2.72. The molecule has 2 fully saturated rings. The van der Waals surface area contributed by atoms with E-state index in [-0.39, 0.29) is 42.1 Å². The number of amides is 1. The first kappa shape index (κ1) is 21.5. The van der Waals surface area contributed by atoms with Gasteiger partial charge in [0, 0.05) is 17.5 Å². The summed E-state index contributed by atoms with van der Waals surface area (Å²) in [5, 5.41) is 12.2. The molecule has 0 bridgehead atoms. The van der Waals surface area contributed by atoms with Crippen molar-refractivity contribution in [1.29, 1.82) is 0 Å². The van der Waals surface area contributed by atoms with E-state index in [2.05, 4.69) is 0 Å². The van der Waals surface area contributed by atoms with Crippen molar-refractivity contribution in [3.05, 3.63) is 71.3 Å². The standard InChI is InChI=1S/C24H26N2O3.HI/c27-21-17-23(18-9-3-1-4-10-18)22(28)19-11-5-6-12-20(19)24(23,29)26(21)16-15-25-13-7-2-8-14-25;/h1,3-6,9-12,29H,2,7-8,13-17H2;1H. The fourth-order valence-corrected chi connectivity index (χ4v) is 5.70. The van der Waals surface area contributed by atoms with Crippen LogP contribution in [0.5, 0.6) is 0 Å². The summed E-state index contributed by atoms with van der Waals surface area (Å²) >= 11 is 0. The lowest BCUT2D eigenvalue weighted by atomic mass is 9.71. The van der Waals surface area contributed by atoms with Crippen molar-refractivity contribution in [2.45, 2.75) is 36.8 Å². The number of nitrogens with one attached hydrogen (secondary N) is 1. The average molecular weight is 518 g/mol. The van der Waals surface area contributed by atoms with E-state index in [0.29, 0.717) is 23.2 Å². The van der Waals surface area contributed by atoms with Crippen LogP contribution < -0.4 is 28.9 Å². The second-order valence-corrected chi connectivity index (χ2v) is 8.60. The van der Waals surface area contributed by atoms with E-state index in [4.69, 9.17) is 0 Å². The Morgan fingerprint density at radius 1 is 0.933 bits per heavy atom. The van der Waals surface area contributed by atoms with Crippen LogP contribution in [0.4, 0.5) is 0 Å². The summed E-state index contributed by atoms with van der Waals surface area (Å²) in [5.41, 5.74) is -1.10. The van der Waals surface area contributed by atoms with Crippen LogP contribution in [-0.2, 0) is 15.9 Å². The van der Waals surface area contributed by atoms with Crippen molar-refractivity contribution in [3.8, 4) is 0 Å². The molecular formula is C24H27IN2O3. The highest BCUT2D eigenvalue weighted by molar-refractivity contribution is 6.14. The smallest absolute Gasteiger partial charge is 0.226 e. The van der Waals surface area contributed by atoms with Gasteiger partial charge in [0.05, 0.1) is 26.2 Å². The quantitative estimate of drug-likeness (QED) is 0.474. The Bertz CT molecular complexity index is 960. The lowest BCUT2D eigenvalue weighted by Crippen LogP contribution is -3.13. The van der Waals surface area contributed by atoms with Crippen molar-refractivity contribution < 1.29 is 43.6 Å². The summed E-state index contributed by atoms with van der Waals surface area (Å²) < 4.78 is 0. The molecule has 0 spiro atoms. The number of aliphatic hydroxyl groups is 1. The molecular weight excluding hydrogens is 491 g/mol. The Hall–Kier alpha value is -1.77. The molecule has 1 amide bonds. The van der Waals surface area contributed by atoms with Gasteiger partial charge in [-0.15, -0.1) is 0 Å². The maximum Gasteiger partial charge on any atom is 0.226 e. The third kappa shape index (κ3) is 2.87. The number of piperidine rings is 1. The molecule has 0 saturated carbocycles. The van der Waals surface area contributed by atoms with Gasteiger partial charge in [0.2, 0.25) is 5.91 Å². The molecule has 2 aromatic rings. The molecule has 1 aliphatic carbocycles. The minimum Gasteiger partial charge on any atom is -1.00 e. The number of rotatable bonds is 4. The molecule has 3 aliphatic rings. The second kappa shape index (κ2) is 8.05. The molecule has 30 heavy (non-hydrogen) atoms. The number of carbonyl (C=O) groups is 2. The lowest BCUT2D eigenvalue weighted by Gasteiger charge is -2.40. The number of benzene rings is 2. The van der Waals surface area contributed by atoms with Gasteiger partial charge in [-0.3, -0.25) is 9.59 Å². The molecule has 0 radical (unpaired) electrons. The monoisotopic (exact) mass is 518 g/mol. The van der Waals surface area contributed by atoms with Gasteiger partial charge in [0.25, 0.3) is 0 Å². The number of fused-ring (bicyclic) bond motifs is 3. The Morgan fingerprint density at radius 2 is 1.60 bits per heavy atom. The molecule has 5 rings (SSSR count). The first-order valence-corrected chi connectivity index (χ1v) is 10.7. The summed E-state index contributed by atoms with van der Waals surface area (Å²) in [6, 6.07) is 16.6. The van der Waals surface area contributed by atoms with Crippen molar-refractivity contribution in [1.82, 2.24) is 4.90 Å². The van der Waals surface area contributed by atoms with Crippen LogP contribution >= 0.6 is 0 Å². The molecule has 2 saturated heterocycles. The van der Waals surface area contributed by atoms with E-state index >= 15 is 0 Å². The SMILES string of the molecule is O=C1CC2(c3ccccc3)C(=O)c3ccccc3C2(O)N1CC[NH+]1CCCCC1.[I-]. The van der Waals surface area contributed by atoms with E-state index in [9.17, 15) is 14.7 Å². The maximum atomic E-state index is 13.7. The van der Waals surface area contributed by atoms with Gasteiger partial charge < -0.3 is 38.9 Å². The highest BCUT2D eigenvalue weighted by atomic mass is 127. The van der Waals surface area contributed by atoms with Crippen molar-refractivity contribution >= 4 is 11.7 Å². The predicted molar refractivity (Wildman–Crippen MR) is 109 cm³/mol. The maximum absolute atomic E-state index is 13.7. The van der Waals surface area contributed by atoms with Crippen LogP contribution in [0.1, 0.15) is 47.2 Å². The molecule has 2 aromatic carbocycles. The lowest BCUT2D eigenvalue weighted by molar-refractivity contribution is -0.904. The molecule has 158 valence electrons. The number of nitrogens with zero attached hydrogens (tertiary/aromatic N) is 1. The Labute approximate surface area is 194 Å². The Balaban J connectivity index is 0.00000218. The van der Waals surface area contributed by atoms with Gasteiger partial charge in [0.15, 0.2) is 11.5 Å². The molecule has 2 heterocycles. The topological polar surface area (TPSA) is 62.1 Å². The van der Waals surface area contributed by atoms with E-state index in [1.807, 2.05) is 42.5 Å². The minimum absolute atomic E-state index is 0. The summed E-state index contributed by atoms with van der Waals surface area (Å²) in [5.74, 6) is -0.293. The summed E-state index contributed by atoms with van der Waals surface area (Å²) in [4.78, 5) is 29.9. The Morgan fingerprint density at radius 3 is 2.33 bits per heavy atom. The third-order valence-corrected chi connectivity index (χ3v) is 7.15. The van der Waals surface area contributed by atoms with Gasteiger partial charge in [-0.2, -0.15) is 0 Å². The molecule has 5 nitrogen and oxygen atoms in total. The normalized spacial score (nSPS) is 28.2. The highest BCUT2D eigenvalue weighted by Crippen LogP contribution is 2.59. The molecule has 2 atom stereocenters. The Kier molecular flexibility index (Phi) is 5.76. The minimum atomic E-state index is -1.63. The number of Topliss-reactive ketones (excluding diaryl/α,β-unsaturated/α-hetero) is 1. The number of hydrogen-bond donors (Lipinski definition) is 2. The van der Waals surface area contributed by atoms with Crippen LogP contribution in [0.25, 0.3) is 0 Å². The molecule has 2 aliphatic heterocycles. The number of ketones is 1. The zero-order valence-electron chi connectivity index (χ0n) is 16.9. The summed E-state index contributed by atoms with van der Waals surface area (Å²) in [6.45, 7) is 3.48. The first-order chi connectivity index (χ1) is 14.1.